The quantitative estimate of drug-likeness (QED) is 0.654. The molecule has 1 aromatic rings. The number of benzene rings is 1. The molecule has 18 heavy (non-hydrogen) atoms. The molecule has 0 amide bonds. The van der Waals surface area contributed by atoms with Crippen molar-refractivity contribution in [1.29, 1.82) is 0 Å². The van der Waals surface area contributed by atoms with Crippen molar-refractivity contribution in [3.8, 4) is 0 Å². The summed E-state index contributed by atoms with van der Waals surface area (Å²) in [7, 11) is 0. The van der Waals surface area contributed by atoms with Gasteiger partial charge < -0.3 is 9.84 Å². The third-order valence-corrected chi connectivity index (χ3v) is 2.32. The molecule has 0 aliphatic carbocycles. The molecule has 0 bridgehead atoms. The molecule has 1 aromatic carbocycles. The van der Waals surface area contributed by atoms with Gasteiger partial charge >= 0.3 is 6.18 Å². The molecule has 1 unspecified atom stereocenters. The zero-order valence-corrected chi connectivity index (χ0v) is 9.80. The largest absolute Gasteiger partial charge is 0.419 e. The Morgan fingerprint density at radius 1 is 1.33 bits per heavy atom. The molecule has 0 aromatic heterocycles. The molecule has 102 valence electrons. The molecule has 1 N–H and O–H groups in total. The van der Waals surface area contributed by atoms with Gasteiger partial charge in [0.25, 0.3) is 0 Å². The Morgan fingerprint density at radius 2 is 2.00 bits per heavy atom. The first-order chi connectivity index (χ1) is 8.38. The Balaban J connectivity index is 2.90. The van der Waals surface area contributed by atoms with Crippen LogP contribution in [0.25, 0.3) is 0 Å². The monoisotopic (exact) mass is 266 g/mol. The summed E-state index contributed by atoms with van der Waals surface area (Å²) in [6.07, 6.45) is -5.47. The molecular weight excluding hydrogens is 252 g/mol. The lowest BCUT2D eigenvalue weighted by Crippen LogP contribution is -2.14. The summed E-state index contributed by atoms with van der Waals surface area (Å²) in [6, 6.07) is 2.81. The second kappa shape index (κ2) is 6.15. The first-order valence-electron chi connectivity index (χ1n) is 5.49. The Bertz CT molecular complexity index is 390. The van der Waals surface area contributed by atoms with Crippen molar-refractivity contribution in [2.75, 3.05) is 13.2 Å². The number of hydrogen-bond donors (Lipinski definition) is 1. The zero-order chi connectivity index (χ0) is 13.8. The van der Waals surface area contributed by atoms with Gasteiger partial charge in [0.2, 0.25) is 0 Å². The topological polar surface area (TPSA) is 29.5 Å². The summed E-state index contributed by atoms with van der Waals surface area (Å²) in [4.78, 5) is 0. The molecule has 0 spiro atoms. The van der Waals surface area contributed by atoms with E-state index in [2.05, 4.69) is 0 Å². The Labute approximate surface area is 102 Å². The van der Waals surface area contributed by atoms with E-state index in [-0.39, 0.29) is 6.61 Å². The highest BCUT2D eigenvalue weighted by Crippen LogP contribution is 2.33. The number of alkyl halides is 3. The fourth-order valence-electron chi connectivity index (χ4n) is 1.46. The molecule has 1 rings (SSSR count). The second-order valence-corrected chi connectivity index (χ2v) is 3.80. The molecule has 0 heterocycles. The van der Waals surface area contributed by atoms with E-state index in [1.54, 1.807) is 0 Å². The molecule has 0 fully saturated rings. The Hall–Kier alpha value is -1.14. The number of hydrogen-bond acceptors (Lipinski definition) is 2. The lowest BCUT2D eigenvalue weighted by atomic mass is 10.0. The molecule has 0 aliphatic heterocycles. The van der Waals surface area contributed by atoms with E-state index < -0.39 is 29.2 Å². The summed E-state index contributed by atoms with van der Waals surface area (Å²) < 4.78 is 55.9. The van der Waals surface area contributed by atoms with Crippen LogP contribution in [0.2, 0.25) is 0 Å². The second-order valence-electron chi connectivity index (χ2n) is 3.80. The minimum atomic E-state index is -4.77. The van der Waals surface area contributed by atoms with Crippen molar-refractivity contribution in [3.05, 3.63) is 35.1 Å². The first kappa shape index (κ1) is 14.9. The molecule has 0 saturated heterocycles. The van der Waals surface area contributed by atoms with Gasteiger partial charge in [0.05, 0.1) is 12.2 Å². The molecule has 6 heteroatoms. The van der Waals surface area contributed by atoms with Crippen LogP contribution in [-0.2, 0) is 10.9 Å². The number of halogens is 4. The average Bonchev–Trinajstić information content (AvgIpc) is 2.28. The SMILES string of the molecule is CCCOCC(O)c1cccc(C(F)(F)F)c1F. The van der Waals surface area contributed by atoms with Crippen LogP contribution in [0.1, 0.15) is 30.6 Å². The van der Waals surface area contributed by atoms with E-state index in [4.69, 9.17) is 4.74 Å². The Morgan fingerprint density at radius 3 is 2.56 bits per heavy atom. The minimum Gasteiger partial charge on any atom is -0.386 e. The number of aliphatic hydroxyl groups is 1. The zero-order valence-electron chi connectivity index (χ0n) is 9.80. The number of rotatable bonds is 5. The number of ether oxygens (including phenoxy) is 1. The van der Waals surface area contributed by atoms with Gasteiger partial charge in [0.15, 0.2) is 0 Å². The van der Waals surface area contributed by atoms with Crippen LogP contribution in [0, 0.1) is 5.82 Å². The predicted octanol–water partition coefficient (Wildman–Crippen LogP) is 3.30. The maximum atomic E-state index is 13.6. The molecule has 0 radical (unpaired) electrons. The van der Waals surface area contributed by atoms with Crippen molar-refractivity contribution < 1.29 is 27.4 Å². The van der Waals surface area contributed by atoms with Crippen LogP contribution in [0.15, 0.2) is 18.2 Å². The molecule has 0 aliphatic rings. The highest BCUT2D eigenvalue weighted by molar-refractivity contribution is 5.29. The molecular formula is C12H14F4O2. The standard InChI is InChI=1S/C12H14F4O2/c1-2-6-18-7-10(17)8-4-3-5-9(11(8)13)12(14,15)16/h3-5,10,17H,2,6-7H2,1H3. The fraction of sp³-hybridized carbons (Fsp3) is 0.500. The van der Waals surface area contributed by atoms with Crippen molar-refractivity contribution in [3.63, 3.8) is 0 Å². The van der Waals surface area contributed by atoms with Gasteiger partial charge in [0.1, 0.15) is 11.9 Å². The van der Waals surface area contributed by atoms with Gasteiger partial charge in [-0.15, -0.1) is 0 Å². The van der Waals surface area contributed by atoms with Crippen molar-refractivity contribution >= 4 is 0 Å². The number of aliphatic hydroxyl groups excluding tert-OH is 1. The van der Waals surface area contributed by atoms with Gasteiger partial charge in [-0.1, -0.05) is 19.1 Å². The van der Waals surface area contributed by atoms with E-state index in [1.807, 2.05) is 6.92 Å². The van der Waals surface area contributed by atoms with Crippen LogP contribution >= 0.6 is 0 Å². The molecule has 1 atom stereocenters. The first-order valence-corrected chi connectivity index (χ1v) is 5.49. The Kier molecular flexibility index (Phi) is 5.10. The predicted molar refractivity (Wildman–Crippen MR) is 57.5 cm³/mol. The summed E-state index contributed by atoms with van der Waals surface area (Å²) in [6.45, 7) is 1.97. The van der Waals surface area contributed by atoms with Gasteiger partial charge in [-0.05, 0) is 12.5 Å². The van der Waals surface area contributed by atoms with Gasteiger partial charge in [-0.3, -0.25) is 0 Å². The van der Waals surface area contributed by atoms with Crippen LogP contribution in [0.3, 0.4) is 0 Å². The maximum Gasteiger partial charge on any atom is 0.419 e. The van der Waals surface area contributed by atoms with Crippen LogP contribution in [-0.4, -0.2) is 18.3 Å². The highest BCUT2D eigenvalue weighted by atomic mass is 19.4. The fourth-order valence-corrected chi connectivity index (χ4v) is 1.46. The lowest BCUT2D eigenvalue weighted by molar-refractivity contribution is -0.140. The average molecular weight is 266 g/mol. The third-order valence-electron chi connectivity index (χ3n) is 2.32. The summed E-state index contributed by atoms with van der Waals surface area (Å²) in [5.74, 6) is -1.45. The van der Waals surface area contributed by atoms with Crippen LogP contribution in [0.4, 0.5) is 17.6 Å². The molecule has 0 saturated carbocycles. The highest BCUT2D eigenvalue weighted by Gasteiger charge is 2.35. The van der Waals surface area contributed by atoms with E-state index >= 15 is 0 Å². The summed E-state index contributed by atoms with van der Waals surface area (Å²) >= 11 is 0. The van der Waals surface area contributed by atoms with Gasteiger partial charge in [0, 0.05) is 12.2 Å². The van der Waals surface area contributed by atoms with Crippen molar-refractivity contribution in [1.82, 2.24) is 0 Å². The van der Waals surface area contributed by atoms with E-state index in [0.29, 0.717) is 19.1 Å². The van der Waals surface area contributed by atoms with Crippen molar-refractivity contribution in [2.45, 2.75) is 25.6 Å². The minimum absolute atomic E-state index is 0.230. The maximum absolute atomic E-state index is 13.6. The third kappa shape index (κ3) is 3.68. The van der Waals surface area contributed by atoms with E-state index in [0.717, 1.165) is 12.1 Å². The lowest BCUT2D eigenvalue weighted by Gasteiger charge is -2.15. The van der Waals surface area contributed by atoms with Gasteiger partial charge in [-0.25, -0.2) is 4.39 Å². The van der Waals surface area contributed by atoms with E-state index in [9.17, 15) is 22.7 Å². The van der Waals surface area contributed by atoms with Crippen LogP contribution in [0.5, 0.6) is 0 Å². The van der Waals surface area contributed by atoms with Crippen molar-refractivity contribution in [2.24, 2.45) is 0 Å². The molecule has 2 nitrogen and oxygen atoms in total. The van der Waals surface area contributed by atoms with E-state index in [1.165, 1.54) is 0 Å². The summed E-state index contributed by atoms with van der Waals surface area (Å²) in [5.41, 5.74) is -1.78. The van der Waals surface area contributed by atoms with Crippen LogP contribution < -0.4 is 0 Å². The smallest absolute Gasteiger partial charge is 0.386 e. The summed E-state index contributed by atoms with van der Waals surface area (Å²) in [5, 5.41) is 9.59. The normalized spacial score (nSPS) is 13.7. The van der Waals surface area contributed by atoms with Gasteiger partial charge in [-0.2, -0.15) is 13.2 Å².